The van der Waals surface area contributed by atoms with Gasteiger partial charge in [0, 0.05) is 17.5 Å². The molecule has 0 aromatic heterocycles. The average Bonchev–Trinajstić information content (AvgIpc) is 2.79. The molecule has 0 fully saturated rings. The van der Waals surface area contributed by atoms with Gasteiger partial charge in [0.1, 0.15) is 5.82 Å². The molecule has 1 aliphatic rings. The van der Waals surface area contributed by atoms with Crippen LogP contribution in [0.5, 0.6) is 0 Å². The number of rotatable bonds is 3. The van der Waals surface area contributed by atoms with Gasteiger partial charge >= 0.3 is 0 Å². The van der Waals surface area contributed by atoms with Crippen molar-refractivity contribution >= 4 is 11.6 Å². The maximum Gasteiger partial charge on any atom is 0.145 e. The van der Waals surface area contributed by atoms with E-state index in [1.54, 1.807) is 6.07 Å². The third kappa shape index (κ3) is 3.18. The minimum Gasteiger partial charge on any atom is -0.311 e. The summed E-state index contributed by atoms with van der Waals surface area (Å²) in [7, 11) is 0. The molecule has 0 heterocycles. The van der Waals surface area contributed by atoms with E-state index in [1.807, 2.05) is 12.1 Å². The van der Waals surface area contributed by atoms with Gasteiger partial charge in [0.25, 0.3) is 0 Å². The number of hydrogen-bond acceptors (Lipinski definition) is 1. The van der Waals surface area contributed by atoms with Crippen molar-refractivity contribution in [3.63, 3.8) is 0 Å². The minimum atomic E-state index is -0.274. The Balaban J connectivity index is 2.32. The Morgan fingerprint density at radius 1 is 1.26 bits per heavy atom. The first-order chi connectivity index (χ1) is 8.84. The van der Waals surface area contributed by atoms with Crippen molar-refractivity contribution < 1.29 is 4.39 Å². The Morgan fingerprint density at radius 2 is 1.89 bits per heavy atom. The van der Waals surface area contributed by atoms with Crippen molar-refractivity contribution in [3.05, 3.63) is 46.8 Å². The van der Waals surface area contributed by atoms with Crippen molar-refractivity contribution in [1.29, 1.82) is 0 Å². The second-order valence-corrected chi connectivity index (χ2v) is 6.77. The smallest absolute Gasteiger partial charge is 0.145 e. The van der Waals surface area contributed by atoms with Crippen molar-refractivity contribution in [1.82, 2.24) is 5.32 Å². The summed E-state index contributed by atoms with van der Waals surface area (Å²) in [6, 6.07) is 5.30. The highest BCUT2D eigenvalue weighted by Gasteiger charge is 2.36. The number of nitrogens with one attached hydrogen (secondary N) is 1. The zero-order valence-corrected chi connectivity index (χ0v) is 12.5. The molecule has 1 aromatic carbocycles. The summed E-state index contributed by atoms with van der Waals surface area (Å²) in [6.45, 7) is 7.12. The predicted octanol–water partition coefficient (Wildman–Crippen LogP) is 4.46. The highest BCUT2D eigenvalue weighted by atomic mass is 35.5. The van der Waals surface area contributed by atoms with Crippen LogP contribution in [0.15, 0.2) is 30.4 Å². The third-order valence-corrected chi connectivity index (χ3v) is 3.96. The van der Waals surface area contributed by atoms with E-state index in [2.05, 4.69) is 38.2 Å². The lowest BCUT2D eigenvalue weighted by molar-refractivity contribution is 0.332. The molecule has 2 rings (SSSR count). The first-order valence-electron chi connectivity index (χ1n) is 6.69. The normalized spacial score (nSPS) is 17.9. The maximum absolute atomic E-state index is 14.3. The summed E-state index contributed by atoms with van der Waals surface area (Å²) in [5.41, 5.74) is 0.536. The first kappa shape index (κ1) is 14.5. The molecule has 1 aliphatic carbocycles. The van der Waals surface area contributed by atoms with E-state index in [4.69, 9.17) is 11.6 Å². The molecule has 0 unspecified atom stereocenters. The largest absolute Gasteiger partial charge is 0.311 e. The van der Waals surface area contributed by atoms with Gasteiger partial charge in [-0.3, -0.25) is 0 Å². The first-order valence-corrected chi connectivity index (χ1v) is 7.06. The van der Waals surface area contributed by atoms with Crippen LogP contribution in [0.1, 0.15) is 39.2 Å². The molecule has 3 heteroatoms. The molecule has 1 N–H and O–H groups in total. The molecule has 0 radical (unpaired) electrons. The maximum atomic E-state index is 14.3. The van der Waals surface area contributed by atoms with E-state index in [0.29, 0.717) is 0 Å². The molecular formula is C16H21ClFN. The van der Waals surface area contributed by atoms with E-state index in [9.17, 15) is 4.39 Å². The highest BCUT2D eigenvalue weighted by molar-refractivity contribution is 6.30. The lowest BCUT2D eigenvalue weighted by atomic mass is 9.77. The van der Waals surface area contributed by atoms with Crippen LogP contribution in [0, 0.1) is 5.82 Å². The molecule has 0 saturated carbocycles. The number of hydrogen-bond donors (Lipinski definition) is 1. The fourth-order valence-corrected chi connectivity index (χ4v) is 2.68. The Kier molecular flexibility index (Phi) is 4.03. The summed E-state index contributed by atoms with van der Waals surface area (Å²) < 4.78 is 14.3. The van der Waals surface area contributed by atoms with Crippen molar-refractivity contribution in [2.75, 3.05) is 6.54 Å². The highest BCUT2D eigenvalue weighted by Crippen LogP contribution is 2.39. The summed E-state index contributed by atoms with van der Waals surface area (Å²) >= 11 is 5.93. The van der Waals surface area contributed by atoms with E-state index in [1.165, 1.54) is 0 Å². The van der Waals surface area contributed by atoms with Crippen molar-refractivity contribution in [2.45, 2.75) is 44.6 Å². The van der Waals surface area contributed by atoms with Gasteiger partial charge in [-0.15, -0.1) is 0 Å². The number of halogens is 2. The number of benzene rings is 1. The van der Waals surface area contributed by atoms with E-state index < -0.39 is 0 Å². The van der Waals surface area contributed by atoms with Crippen LogP contribution in [-0.2, 0) is 5.41 Å². The van der Waals surface area contributed by atoms with Crippen LogP contribution >= 0.6 is 11.6 Å². The lowest BCUT2D eigenvalue weighted by Gasteiger charge is -2.34. The van der Waals surface area contributed by atoms with Gasteiger partial charge in [-0.25, -0.2) is 4.39 Å². The van der Waals surface area contributed by atoms with Crippen molar-refractivity contribution in [3.8, 4) is 0 Å². The standard InChI is InChI=1S/C16H21ClFN/c1-15(2,3)19-11-16(9-4-5-10-16)12-7-6-8-13(17)14(12)18/h4-8,19H,9-11H2,1-3H3. The minimum absolute atomic E-state index is 0.0185. The molecule has 0 spiro atoms. The van der Waals surface area contributed by atoms with Gasteiger partial charge in [-0.05, 0) is 45.2 Å². The second kappa shape index (κ2) is 5.26. The monoisotopic (exact) mass is 281 g/mol. The van der Waals surface area contributed by atoms with Gasteiger partial charge in [0.2, 0.25) is 0 Å². The van der Waals surface area contributed by atoms with E-state index in [0.717, 1.165) is 24.9 Å². The molecule has 0 aliphatic heterocycles. The van der Waals surface area contributed by atoms with Crippen molar-refractivity contribution in [2.24, 2.45) is 0 Å². The lowest BCUT2D eigenvalue weighted by Crippen LogP contribution is -2.45. The molecule has 0 amide bonds. The van der Waals surface area contributed by atoms with Gasteiger partial charge in [-0.1, -0.05) is 35.9 Å². The van der Waals surface area contributed by atoms with Crippen LogP contribution in [0.25, 0.3) is 0 Å². The summed E-state index contributed by atoms with van der Waals surface area (Å²) in [5, 5.41) is 3.71. The Morgan fingerprint density at radius 3 is 2.47 bits per heavy atom. The zero-order chi connectivity index (χ0) is 14.1. The van der Waals surface area contributed by atoms with E-state index in [-0.39, 0.29) is 21.8 Å². The molecular weight excluding hydrogens is 261 g/mol. The second-order valence-electron chi connectivity index (χ2n) is 6.36. The molecule has 1 aromatic rings. The van der Waals surface area contributed by atoms with Crippen LogP contribution in [0.2, 0.25) is 5.02 Å². The molecule has 0 saturated heterocycles. The summed E-state index contributed by atoms with van der Waals surface area (Å²) in [6.07, 6.45) is 5.97. The molecule has 0 bridgehead atoms. The molecule has 1 nitrogen and oxygen atoms in total. The fourth-order valence-electron chi connectivity index (χ4n) is 2.51. The Labute approximate surface area is 119 Å². The van der Waals surface area contributed by atoms with Crippen LogP contribution in [-0.4, -0.2) is 12.1 Å². The SMILES string of the molecule is CC(C)(C)NCC1(c2cccc(Cl)c2F)CC=CC1. The van der Waals surface area contributed by atoms with Crippen LogP contribution in [0.4, 0.5) is 4.39 Å². The third-order valence-electron chi connectivity index (χ3n) is 3.66. The Bertz CT molecular complexity index is 480. The topological polar surface area (TPSA) is 12.0 Å². The molecule has 0 atom stereocenters. The van der Waals surface area contributed by atoms with Crippen LogP contribution < -0.4 is 5.32 Å². The Hall–Kier alpha value is -0.860. The van der Waals surface area contributed by atoms with Gasteiger partial charge in [0.05, 0.1) is 5.02 Å². The van der Waals surface area contributed by atoms with Gasteiger partial charge in [0.15, 0.2) is 0 Å². The van der Waals surface area contributed by atoms with Gasteiger partial charge in [-0.2, -0.15) is 0 Å². The zero-order valence-electron chi connectivity index (χ0n) is 11.8. The fraction of sp³-hybridized carbons (Fsp3) is 0.500. The quantitative estimate of drug-likeness (QED) is 0.807. The van der Waals surface area contributed by atoms with Gasteiger partial charge < -0.3 is 5.32 Å². The predicted molar refractivity (Wildman–Crippen MR) is 79.2 cm³/mol. The summed E-state index contributed by atoms with van der Waals surface area (Å²) in [5.74, 6) is -0.274. The molecule has 104 valence electrons. The summed E-state index contributed by atoms with van der Waals surface area (Å²) in [4.78, 5) is 0. The molecule has 19 heavy (non-hydrogen) atoms. The number of allylic oxidation sites excluding steroid dienone is 2. The average molecular weight is 282 g/mol. The van der Waals surface area contributed by atoms with Crippen LogP contribution in [0.3, 0.4) is 0 Å². The van der Waals surface area contributed by atoms with E-state index >= 15 is 0 Å².